The summed E-state index contributed by atoms with van der Waals surface area (Å²) in [4.78, 5) is 11.8. The summed E-state index contributed by atoms with van der Waals surface area (Å²) in [6.45, 7) is 1.37. The molecule has 2 N–H and O–H groups in total. The molecule has 0 aromatic heterocycles. The fourth-order valence-electron chi connectivity index (χ4n) is 3.32. The number of hydrogen-bond donors (Lipinski definition) is 1. The Morgan fingerprint density at radius 1 is 1.12 bits per heavy atom. The molecule has 0 aromatic carbocycles. The van der Waals surface area contributed by atoms with E-state index in [0.29, 0.717) is 13.2 Å². The van der Waals surface area contributed by atoms with E-state index in [9.17, 15) is 4.79 Å². The van der Waals surface area contributed by atoms with Crippen molar-refractivity contribution in [2.24, 2.45) is 17.1 Å². The van der Waals surface area contributed by atoms with Crippen LogP contribution in [0.2, 0.25) is 0 Å². The van der Waals surface area contributed by atoms with Crippen molar-refractivity contribution >= 4 is 5.91 Å². The van der Waals surface area contributed by atoms with Crippen LogP contribution in [0, 0.1) is 11.3 Å². The minimum absolute atomic E-state index is 0.114. The van der Waals surface area contributed by atoms with Crippen molar-refractivity contribution in [3.8, 4) is 0 Å². The summed E-state index contributed by atoms with van der Waals surface area (Å²) in [5.41, 5.74) is 5.37. The van der Waals surface area contributed by atoms with Gasteiger partial charge in [0.25, 0.3) is 0 Å². The number of ether oxygens (including phenoxy) is 2. The van der Waals surface area contributed by atoms with Crippen LogP contribution in [0.5, 0.6) is 0 Å². The predicted octanol–water partition coefficient (Wildman–Crippen LogP) is 1.58. The topological polar surface area (TPSA) is 61.6 Å². The third-order valence-electron chi connectivity index (χ3n) is 4.68. The number of nitrogens with two attached hydrogens (primary N) is 1. The SMILES string of the molecule is NC(=O)C1(CC2CC2)CCC2(CC1)OCCO2. The molecule has 0 bridgehead atoms. The highest BCUT2D eigenvalue weighted by Gasteiger charge is 2.50. The minimum atomic E-state index is -0.386. The average Bonchev–Trinajstić information content (AvgIpc) is 3.01. The molecule has 3 aliphatic rings. The third kappa shape index (κ3) is 2.08. The second-order valence-corrected chi connectivity index (χ2v) is 5.90. The first-order chi connectivity index (χ1) is 8.14. The Morgan fingerprint density at radius 2 is 1.71 bits per heavy atom. The highest BCUT2D eigenvalue weighted by molar-refractivity contribution is 5.81. The number of amides is 1. The van der Waals surface area contributed by atoms with Gasteiger partial charge in [0, 0.05) is 18.3 Å². The zero-order valence-corrected chi connectivity index (χ0v) is 10.2. The molecule has 0 atom stereocenters. The monoisotopic (exact) mass is 239 g/mol. The van der Waals surface area contributed by atoms with Gasteiger partial charge in [0.2, 0.25) is 5.91 Å². The number of carbonyl (C=O) groups is 1. The van der Waals surface area contributed by atoms with Gasteiger partial charge in [-0.05, 0) is 25.2 Å². The molecule has 1 heterocycles. The van der Waals surface area contributed by atoms with E-state index in [0.717, 1.165) is 38.0 Å². The van der Waals surface area contributed by atoms with Gasteiger partial charge < -0.3 is 15.2 Å². The molecule has 1 aliphatic heterocycles. The standard InChI is InChI=1S/C13H21NO3/c14-11(15)12(9-10-1-2-10)3-5-13(6-4-12)16-7-8-17-13/h10H,1-9H2,(H2,14,15). The smallest absolute Gasteiger partial charge is 0.223 e. The Bertz CT molecular complexity index is 309. The molecular formula is C13H21NO3. The van der Waals surface area contributed by atoms with Crippen LogP contribution in [0.1, 0.15) is 44.9 Å². The van der Waals surface area contributed by atoms with E-state index >= 15 is 0 Å². The van der Waals surface area contributed by atoms with E-state index in [-0.39, 0.29) is 17.1 Å². The van der Waals surface area contributed by atoms with Gasteiger partial charge >= 0.3 is 0 Å². The molecule has 0 unspecified atom stereocenters. The summed E-state index contributed by atoms with van der Waals surface area (Å²) in [6, 6.07) is 0. The lowest BCUT2D eigenvalue weighted by Gasteiger charge is -2.42. The van der Waals surface area contributed by atoms with Crippen LogP contribution in [0.25, 0.3) is 0 Å². The molecule has 96 valence electrons. The molecule has 3 rings (SSSR count). The van der Waals surface area contributed by atoms with Gasteiger partial charge in [-0.25, -0.2) is 0 Å². The first-order valence-electron chi connectivity index (χ1n) is 6.72. The molecule has 4 heteroatoms. The van der Waals surface area contributed by atoms with Crippen molar-refractivity contribution in [2.45, 2.75) is 50.7 Å². The van der Waals surface area contributed by atoms with Crippen molar-refractivity contribution in [2.75, 3.05) is 13.2 Å². The van der Waals surface area contributed by atoms with Crippen molar-refractivity contribution < 1.29 is 14.3 Å². The van der Waals surface area contributed by atoms with Gasteiger partial charge in [0.1, 0.15) is 0 Å². The molecule has 2 aliphatic carbocycles. The van der Waals surface area contributed by atoms with Crippen molar-refractivity contribution in [3.05, 3.63) is 0 Å². The highest BCUT2D eigenvalue weighted by atomic mass is 16.7. The number of hydrogen-bond acceptors (Lipinski definition) is 3. The van der Waals surface area contributed by atoms with Crippen LogP contribution in [0.15, 0.2) is 0 Å². The molecule has 3 fully saturated rings. The molecule has 0 radical (unpaired) electrons. The van der Waals surface area contributed by atoms with Crippen LogP contribution >= 0.6 is 0 Å². The summed E-state index contributed by atoms with van der Waals surface area (Å²) >= 11 is 0. The fourth-order valence-corrected chi connectivity index (χ4v) is 3.32. The van der Waals surface area contributed by atoms with E-state index < -0.39 is 0 Å². The predicted molar refractivity (Wildman–Crippen MR) is 62.1 cm³/mol. The molecule has 4 nitrogen and oxygen atoms in total. The highest BCUT2D eigenvalue weighted by Crippen LogP contribution is 2.51. The van der Waals surface area contributed by atoms with E-state index in [4.69, 9.17) is 15.2 Å². The van der Waals surface area contributed by atoms with E-state index in [2.05, 4.69) is 0 Å². The first kappa shape index (κ1) is 11.5. The van der Waals surface area contributed by atoms with Gasteiger partial charge in [0.05, 0.1) is 13.2 Å². The number of carbonyl (C=O) groups excluding carboxylic acids is 1. The van der Waals surface area contributed by atoms with Crippen molar-refractivity contribution in [3.63, 3.8) is 0 Å². The second kappa shape index (κ2) is 3.95. The second-order valence-electron chi connectivity index (χ2n) is 5.90. The molecular weight excluding hydrogens is 218 g/mol. The Morgan fingerprint density at radius 3 is 2.18 bits per heavy atom. The van der Waals surface area contributed by atoms with Gasteiger partial charge in [-0.1, -0.05) is 12.8 Å². The molecule has 1 saturated heterocycles. The zero-order valence-electron chi connectivity index (χ0n) is 10.2. The van der Waals surface area contributed by atoms with Gasteiger partial charge in [0.15, 0.2) is 5.79 Å². The maximum absolute atomic E-state index is 11.8. The van der Waals surface area contributed by atoms with Crippen LogP contribution < -0.4 is 5.73 Å². The van der Waals surface area contributed by atoms with Crippen molar-refractivity contribution in [1.82, 2.24) is 0 Å². The average molecular weight is 239 g/mol. The Kier molecular flexibility index (Phi) is 2.67. The maximum Gasteiger partial charge on any atom is 0.223 e. The van der Waals surface area contributed by atoms with E-state index in [1.165, 1.54) is 12.8 Å². The molecule has 1 spiro atoms. The number of rotatable bonds is 3. The summed E-state index contributed by atoms with van der Waals surface area (Å²) in [6.07, 6.45) is 6.84. The largest absolute Gasteiger partial charge is 0.369 e. The van der Waals surface area contributed by atoms with E-state index in [1.54, 1.807) is 0 Å². The van der Waals surface area contributed by atoms with Gasteiger partial charge in [-0.15, -0.1) is 0 Å². The van der Waals surface area contributed by atoms with Crippen LogP contribution in [-0.2, 0) is 14.3 Å². The maximum atomic E-state index is 11.8. The normalized spacial score (nSPS) is 30.6. The van der Waals surface area contributed by atoms with Gasteiger partial charge in [-0.3, -0.25) is 4.79 Å². The lowest BCUT2D eigenvalue weighted by atomic mass is 9.68. The van der Waals surface area contributed by atoms with Crippen molar-refractivity contribution in [1.29, 1.82) is 0 Å². The Labute approximate surface area is 102 Å². The summed E-state index contributed by atoms with van der Waals surface area (Å²) in [5.74, 6) is 0.238. The lowest BCUT2D eigenvalue weighted by Crippen LogP contribution is -2.46. The fraction of sp³-hybridized carbons (Fsp3) is 0.923. The Balaban J connectivity index is 1.68. The third-order valence-corrected chi connectivity index (χ3v) is 4.68. The Hall–Kier alpha value is -0.610. The molecule has 1 amide bonds. The molecule has 0 aromatic rings. The molecule has 2 saturated carbocycles. The number of primary amides is 1. The van der Waals surface area contributed by atoms with E-state index in [1.807, 2.05) is 0 Å². The zero-order chi connectivity index (χ0) is 11.9. The van der Waals surface area contributed by atoms with Gasteiger partial charge in [-0.2, -0.15) is 0 Å². The lowest BCUT2D eigenvalue weighted by molar-refractivity contribution is -0.193. The summed E-state index contributed by atoms with van der Waals surface area (Å²) < 4.78 is 11.4. The minimum Gasteiger partial charge on any atom is -0.369 e. The quantitative estimate of drug-likeness (QED) is 0.813. The van der Waals surface area contributed by atoms with Crippen LogP contribution in [0.4, 0.5) is 0 Å². The van der Waals surface area contributed by atoms with Crippen LogP contribution in [-0.4, -0.2) is 24.9 Å². The van der Waals surface area contributed by atoms with Crippen LogP contribution in [0.3, 0.4) is 0 Å². The summed E-state index contributed by atoms with van der Waals surface area (Å²) in [5, 5.41) is 0. The summed E-state index contributed by atoms with van der Waals surface area (Å²) in [7, 11) is 0. The first-order valence-corrected chi connectivity index (χ1v) is 6.72. The molecule has 17 heavy (non-hydrogen) atoms.